The molecule has 1 amide bonds. The van der Waals surface area contributed by atoms with Gasteiger partial charge in [0.25, 0.3) is 5.91 Å². The summed E-state index contributed by atoms with van der Waals surface area (Å²) in [5, 5.41) is 11.0. The van der Waals surface area contributed by atoms with Crippen molar-refractivity contribution in [2.45, 2.75) is 38.5 Å². The van der Waals surface area contributed by atoms with E-state index >= 15 is 0 Å². The van der Waals surface area contributed by atoms with E-state index in [4.69, 9.17) is 11.5 Å². The van der Waals surface area contributed by atoms with Gasteiger partial charge in [-0.3, -0.25) is 4.79 Å². The second kappa shape index (κ2) is 9.45. The third-order valence-corrected chi connectivity index (χ3v) is 4.26. The molecular weight excluding hydrogens is 356 g/mol. The lowest BCUT2D eigenvalue weighted by Crippen LogP contribution is -2.16. The van der Waals surface area contributed by atoms with Crippen molar-refractivity contribution in [2.75, 3.05) is 11.1 Å². The van der Waals surface area contributed by atoms with Gasteiger partial charge in [-0.15, -0.1) is 4.80 Å². The first kappa shape index (κ1) is 19.3. The Labute approximate surface area is 163 Å². The van der Waals surface area contributed by atoms with Gasteiger partial charge in [0.2, 0.25) is 0 Å². The van der Waals surface area contributed by atoms with Crippen LogP contribution in [0.1, 0.15) is 49.0 Å². The number of amides is 1. The van der Waals surface area contributed by atoms with E-state index in [0.717, 1.165) is 0 Å². The second-order valence-electron chi connectivity index (χ2n) is 6.47. The van der Waals surface area contributed by atoms with Gasteiger partial charge in [0, 0.05) is 0 Å². The summed E-state index contributed by atoms with van der Waals surface area (Å²) in [6, 6.07) is 6.81. The first-order chi connectivity index (χ1) is 13.6. The molecule has 3 aromatic heterocycles. The highest BCUT2D eigenvalue weighted by atomic mass is 16.1. The van der Waals surface area contributed by atoms with Crippen LogP contribution in [-0.2, 0) is 0 Å². The quantitative estimate of drug-likeness (QED) is 0.632. The van der Waals surface area contributed by atoms with Crippen molar-refractivity contribution in [2.24, 2.45) is 5.73 Å². The van der Waals surface area contributed by atoms with Crippen LogP contribution in [0.2, 0.25) is 0 Å². The van der Waals surface area contributed by atoms with Gasteiger partial charge < -0.3 is 16.8 Å². The Balaban J connectivity index is 0.000000320. The summed E-state index contributed by atoms with van der Waals surface area (Å²) in [6.45, 7) is 0. The van der Waals surface area contributed by atoms with E-state index in [1.165, 1.54) is 49.5 Å². The fourth-order valence-corrected chi connectivity index (χ4v) is 2.91. The Hall–Kier alpha value is -3.49. The minimum Gasteiger partial charge on any atom is -0.397 e. The van der Waals surface area contributed by atoms with Gasteiger partial charge in [0.1, 0.15) is 5.82 Å². The maximum atomic E-state index is 11.4. The summed E-state index contributed by atoms with van der Waals surface area (Å²) in [7, 11) is 0. The summed E-state index contributed by atoms with van der Waals surface area (Å²) in [6.07, 6.45) is 13.5. The van der Waals surface area contributed by atoms with Crippen LogP contribution in [-0.4, -0.2) is 30.9 Å². The summed E-state index contributed by atoms with van der Waals surface area (Å²) >= 11 is 0. The average molecular weight is 380 g/mol. The van der Waals surface area contributed by atoms with Crippen molar-refractivity contribution >= 4 is 23.1 Å². The number of aromatic nitrogens is 5. The number of rotatable bonds is 4. The number of carbonyl (C=O) groups is 1. The number of anilines is 3. The fourth-order valence-electron chi connectivity index (χ4n) is 2.91. The van der Waals surface area contributed by atoms with Gasteiger partial charge in [-0.05, 0) is 18.2 Å². The highest BCUT2D eigenvalue weighted by Gasteiger charge is 2.11. The number of pyridine rings is 2. The lowest BCUT2D eigenvalue weighted by Gasteiger charge is -2.10. The Morgan fingerprint density at radius 1 is 1.04 bits per heavy atom. The Bertz CT molecular complexity index is 895. The molecule has 28 heavy (non-hydrogen) atoms. The molecule has 0 unspecified atom stereocenters. The topological polar surface area (TPSA) is 138 Å². The largest absolute Gasteiger partial charge is 0.397 e. The molecule has 0 saturated heterocycles. The third kappa shape index (κ3) is 5.26. The lowest BCUT2D eigenvalue weighted by atomic mass is 10.0. The molecule has 9 heteroatoms. The first-order valence-corrected chi connectivity index (χ1v) is 9.29. The highest BCUT2D eigenvalue weighted by molar-refractivity contribution is 5.97. The predicted octanol–water partition coefficient (Wildman–Crippen LogP) is 2.82. The standard InChI is InChI=1S/C13H12N8O.C6H12/c14-8-6-9(12(13(15)22)16-7-8)19-10-2-1-3-11(20-10)21-17-4-5-18-21;1-2-4-6-5-3-1/h1-7H,14H2,(H2,15,22)(H,19,20);1-6H2. The molecule has 3 aromatic rings. The van der Waals surface area contributed by atoms with Crippen LogP contribution in [0, 0.1) is 0 Å². The Morgan fingerprint density at radius 2 is 1.68 bits per heavy atom. The molecule has 0 atom stereocenters. The van der Waals surface area contributed by atoms with E-state index in [2.05, 4.69) is 25.5 Å². The van der Waals surface area contributed by atoms with Gasteiger partial charge >= 0.3 is 0 Å². The van der Waals surface area contributed by atoms with E-state index in [-0.39, 0.29) is 5.69 Å². The van der Waals surface area contributed by atoms with Crippen molar-refractivity contribution < 1.29 is 4.79 Å². The molecule has 4 rings (SSSR count). The lowest BCUT2D eigenvalue weighted by molar-refractivity contribution is 0.0996. The van der Waals surface area contributed by atoms with E-state index in [1.807, 2.05) is 0 Å². The zero-order valence-electron chi connectivity index (χ0n) is 15.6. The molecule has 0 aromatic carbocycles. The molecular formula is C19H24N8O. The van der Waals surface area contributed by atoms with Crippen molar-refractivity contribution in [3.05, 3.63) is 48.5 Å². The van der Waals surface area contributed by atoms with Gasteiger partial charge in [0.15, 0.2) is 11.5 Å². The number of nitrogens with one attached hydrogen (secondary N) is 1. The number of primary amides is 1. The monoisotopic (exact) mass is 380 g/mol. The molecule has 146 valence electrons. The molecule has 1 aliphatic carbocycles. The smallest absolute Gasteiger partial charge is 0.269 e. The Kier molecular flexibility index (Phi) is 6.50. The SMILES string of the molecule is C1CCCCC1.NC(=O)c1ncc(N)cc1Nc1cccc(-n2nccn2)n1. The van der Waals surface area contributed by atoms with Crippen molar-refractivity contribution in [1.29, 1.82) is 0 Å². The van der Waals surface area contributed by atoms with E-state index < -0.39 is 5.91 Å². The molecule has 0 bridgehead atoms. The molecule has 1 saturated carbocycles. The number of hydrogen-bond donors (Lipinski definition) is 3. The van der Waals surface area contributed by atoms with E-state index in [1.54, 1.807) is 36.7 Å². The maximum Gasteiger partial charge on any atom is 0.269 e. The van der Waals surface area contributed by atoms with Crippen LogP contribution in [0.25, 0.3) is 5.82 Å². The van der Waals surface area contributed by atoms with Crippen LogP contribution in [0.5, 0.6) is 0 Å². The van der Waals surface area contributed by atoms with Gasteiger partial charge in [-0.25, -0.2) is 9.97 Å². The maximum absolute atomic E-state index is 11.4. The number of nitrogen functional groups attached to an aromatic ring is 1. The van der Waals surface area contributed by atoms with Crippen molar-refractivity contribution in [3.63, 3.8) is 0 Å². The zero-order chi connectivity index (χ0) is 19.8. The van der Waals surface area contributed by atoms with Crippen LogP contribution in [0.15, 0.2) is 42.9 Å². The summed E-state index contributed by atoms with van der Waals surface area (Å²) in [4.78, 5) is 21.1. The van der Waals surface area contributed by atoms with Crippen LogP contribution >= 0.6 is 0 Å². The van der Waals surface area contributed by atoms with Gasteiger partial charge in [-0.2, -0.15) is 10.2 Å². The predicted molar refractivity (Wildman–Crippen MR) is 107 cm³/mol. The second-order valence-corrected chi connectivity index (χ2v) is 6.47. The summed E-state index contributed by atoms with van der Waals surface area (Å²) in [5.74, 6) is 0.338. The molecule has 9 nitrogen and oxygen atoms in total. The average Bonchev–Trinajstić information content (AvgIpc) is 3.25. The molecule has 0 aliphatic heterocycles. The zero-order valence-corrected chi connectivity index (χ0v) is 15.6. The van der Waals surface area contributed by atoms with Crippen molar-refractivity contribution in [1.82, 2.24) is 25.0 Å². The number of carbonyl (C=O) groups excluding carboxylic acids is 1. The van der Waals surface area contributed by atoms with Crippen LogP contribution in [0.4, 0.5) is 17.2 Å². The number of hydrogen-bond acceptors (Lipinski definition) is 7. The highest BCUT2D eigenvalue weighted by Crippen LogP contribution is 2.21. The van der Waals surface area contributed by atoms with E-state index in [9.17, 15) is 4.79 Å². The minimum absolute atomic E-state index is 0.0821. The van der Waals surface area contributed by atoms with Crippen molar-refractivity contribution in [3.8, 4) is 5.82 Å². The number of nitrogens with two attached hydrogens (primary N) is 2. The van der Waals surface area contributed by atoms with E-state index in [0.29, 0.717) is 23.0 Å². The Morgan fingerprint density at radius 3 is 2.29 bits per heavy atom. The van der Waals surface area contributed by atoms with Crippen LogP contribution < -0.4 is 16.8 Å². The third-order valence-electron chi connectivity index (χ3n) is 4.26. The molecule has 0 radical (unpaired) electrons. The molecule has 3 heterocycles. The summed E-state index contributed by atoms with van der Waals surface area (Å²) in [5.41, 5.74) is 11.9. The molecule has 0 spiro atoms. The number of nitrogens with zero attached hydrogens (tertiary/aromatic N) is 5. The fraction of sp³-hybridized carbons (Fsp3) is 0.316. The first-order valence-electron chi connectivity index (χ1n) is 9.29. The van der Waals surface area contributed by atoms with Crippen LogP contribution in [0.3, 0.4) is 0 Å². The normalized spacial score (nSPS) is 13.3. The molecule has 1 aliphatic rings. The molecule has 5 N–H and O–H groups in total. The van der Waals surface area contributed by atoms with Gasteiger partial charge in [-0.1, -0.05) is 44.6 Å². The minimum atomic E-state index is -0.660. The molecule has 1 fully saturated rings. The van der Waals surface area contributed by atoms with Gasteiger partial charge in [0.05, 0.1) is 30.0 Å². The summed E-state index contributed by atoms with van der Waals surface area (Å²) < 4.78 is 0.